The van der Waals surface area contributed by atoms with Gasteiger partial charge in [0.1, 0.15) is 0 Å². The van der Waals surface area contributed by atoms with E-state index in [0.717, 1.165) is 23.3 Å². The Balaban J connectivity index is 1.92. The molecule has 128 valence electrons. The van der Waals surface area contributed by atoms with Crippen LogP contribution in [0, 0.1) is 6.92 Å². The number of amides is 2. The zero-order chi connectivity index (χ0) is 17.7. The fraction of sp³-hybridized carbons (Fsp3) is 0.235. The predicted octanol–water partition coefficient (Wildman–Crippen LogP) is 5.03. The van der Waals surface area contributed by atoms with E-state index in [1.807, 2.05) is 31.2 Å². The van der Waals surface area contributed by atoms with Crippen LogP contribution in [0.3, 0.4) is 0 Å². The van der Waals surface area contributed by atoms with E-state index in [1.165, 1.54) is 6.07 Å². The molecule has 24 heavy (non-hydrogen) atoms. The van der Waals surface area contributed by atoms with Gasteiger partial charge in [-0.1, -0.05) is 35.9 Å². The van der Waals surface area contributed by atoms with Crippen molar-refractivity contribution >= 4 is 23.3 Å². The minimum absolute atomic E-state index is 0.0279. The Morgan fingerprint density at radius 1 is 1.17 bits per heavy atom. The third-order valence-electron chi connectivity index (χ3n) is 3.47. The highest BCUT2D eigenvalue weighted by Crippen LogP contribution is 2.36. The van der Waals surface area contributed by atoms with Crippen molar-refractivity contribution in [2.45, 2.75) is 19.5 Å². The summed E-state index contributed by atoms with van der Waals surface area (Å²) in [5.74, 6) is 0. The average Bonchev–Trinajstić information content (AvgIpc) is 2.50. The molecule has 0 unspecified atom stereocenters. The summed E-state index contributed by atoms with van der Waals surface area (Å²) in [6.07, 6.45) is -3.94. The molecule has 0 aliphatic carbocycles. The zero-order valence-electron chi connectivity index (χ0n) is 12.9. The molecule has 0 heterocycles. The molecule has 0 fully saturated rings. The highest BCUT2D eigenvalue weighted by Gasteiger charge is 2.33. The van der Waals surface area contributed by atoms with Crippen molar-refractivity contribution in [1.82, 2.24) is 5.32 Å². The van der Waals surface area contributed by atoms with E-state index in [1.54, 1.807) is 0 Å². The lowest BCUT2D eigenvalue weighted by Crippen LogP contribution is -2.30. The second kappa shape index (κ2) is 7.57. The summed E-state index contributed by atoms with van der Waals surface area (Å²) in [5, 5.41) is 4.58. The summed E-state index contributed by atoms with van der Waals surface area (Å²) in [7, 11) is 0. The highest BCUT2D eigenvalue weighted by molar-refractivity contribution is 6.31. The smallest absolute Gasteiger partial charge is 0.338 e. The summed E-state index contributed by atoms with van der Waals surface area (Å²) in [5.41, 5.74) is 1.26. The molecule has 2 amide bonds. The summed E-state index contributed by atoms with van der Waals surface area (Å²) >= 11 is 5.54. The minimum atomic E-state index is -4.57. The van der Waals surface area contributed by atoms with Crippen LogP contribution in [0.4, 0.5) is 23.7 Å². The van der Waals surface area contributed by atoms with Crippen molar-refractivity contribution in [3.63, 3.8) is 0 Å². The van der Waals surface area contributed by atoms with Crippen molar-refractivity contribution < 1.29 is 18.0 Å². The Morgan fingerprint density at radius 3 is 2.54 bits per heavy atom. The minimum Gasteiger partial charge on any atom is -0.338 e. The third-order valence-corrected chi connectivity index (χ3v) is 3.80. The molecule has 2 aromatic carbocycles. The van der Waals surface area contributed by atoms with Crippen molar-refractivity contribution in [2.75, 3.05) is 11.9 Å². The summed E-state index contributed by atoms with van der Waals surface area (Å²) in [4.78, 5) is 11.8. The number of benzene rings is 2. The number of halogens is 4. The fourth-order valence-corrected chi connectivity index (χ4v) is 2.42. The molecule has 0 atom stereocenters. The van der Waals surface area contributed by atoms with Crippen LogP contribution in [0.5, 0.6) is 0 Å². The number of hydrogen-bond acceptors (Lipinski definition) is 1. The molecule has 0 aromatic heterocycles. The molecule has 0 spiro atoms. The molecule has 7 heteroatoms. The van der Waals surface area contributed by atoms with Crippen LogP contribution in [0.25, 0.3) is 0 Å². The van der Waals surface area contributed by atoms with Crippen LogP contribution in [-0.4, -0.2) is 12.6 Å². The Bertz CT molecular complexity index is 732. The molecule has 2 aromatic rings. The summed E-state index contributed by atoms with van der Waals surface area (Å²) < 4.78 is 38.3. The van der Waals surface area contributed by atoms with Crippen LogP contribution in [0.2, 0.25) is 5.02 Å². The molecule has 0 aliphatic heterocycles. The van der Waals surface area contributed by atoms with E-state index in [2.05, 4.69) is 10.6 Å². The number of carbonyl (C=O) groups is 1. The van der Waals surface area contributed by atoms with Gasteiger partial charge in [-0.2, -0.15) is 13.2 Å². The number of anilines is 1. The Kier molecular flexibility index (Phi) is 5.72. The van der Waals surface area contributed by atoms with Gasteiger partial charge in [0.05, 0.1) is 10.6 Å². The van der Waals surface area contributed by atoms with Gasteiger partial charge in [-0.25, -0.2) is 4.79 Å². The van der Waals surface area contributed by atoms with Gasteiger partial charge in [-0.3, -0.25) is 0 Å². The standard InChI is InChI=1S/C17H16ClF3N2O/c1-11-4-2-3-5-12(11)8-9-22-16(24)23-13-6-7-15(18)14(10-13)17(19,20)21/h2-7,10H,8-9H2,1H3,(H2,22,23,24). The molecule has 2 N–H and O–H groups in total. The molecular formula is C17H16ClF3N2O. The number of alkyl halides is 3. The average molecular weight is 357 g/mol. The topological polar surface area (TPSA) is 41.1 Å². The maximum atomic E-state index is 12.8. The molecule has 0 radical (unpaired) electrons. The third kappa shape index (κ3) is 4.89. The van der Waals surface area contributed by atoms with E-state index < -0.39 is 22.8 Å². The fourth-order valence-electron chi connectivity index (χ4n) is 2.20. The first-order chi connectivity index (χ1) is 11.3. The predicted molar refractivity (Wildman–Crippen MR) is 88.4 cm³/mol. The number of nitrogens with one attached hydrogen (secondary N) is 2. The van der Waals surface area contributed by atoms with Crippen LogP contribution in [0.15, 0.2) is 42.5 Å². The largest absolute Gasteiger partial charge is 0.417 e. The van der Waals surface area contributed by atoms with Crippen LogP contribution in [0.1, 0.15) is 16.7 Å². The van der Waals surface area contributed by atoms with Crippen LogP contribution < -0.4 is 10.6 Å². The maximum Gasteiger partial charge on any atom is 0.417 e. The van der Waals surface area contributed by atoms with Crippen molar-refractivity contribution in [3.8, 4) is 0 Å². The number of carbonyl (C=O) groups excluding carboxylic acids is 1. The van der Waals surface area contributed by atoms with Gasteiger partial charge in [0.2, 0.25) is 0 Å². The van der Waals surface area contributed by atoms with E-state index in [9.17, 15) is 18.0 Å². The van der Waals surface area contributed by atoms with E-state index >= 15 is 0 Å². The molecule has 0 bridgehead atoms. The van der Waals surface area contributed by atoms with Crippen molar-refractivity contribution in [2.24, 2.45) is 0 Å². The first-order valence-corrected chi connectivity index (χ1v) is 7.61. The van der Waals surface area contributed by atoms with Crippen molar-refractivity contribution in [1.29, 1.82) is 0 Å². The zero-order valence-corrected chi connectivity index (χ0v) is 13.6. The molecule has 0 aliphatic rings. The monoisotopic (exact) mass is 356 g/mol. The van der Waals surface area contributed by atoms with Gasteiger partial charge in [0.15, 0.2) is 0 Å². The van der Waals surface area contributed by atoms with E-state index in [0.29, 0.717) is 13.0 Å². The van der Waals surface area contributed by atoms with Crippen LogP contribution >= 0.6 is 11.6 Å². The quantitative estimate of drug-likeness (QED) is 0.792. The highest BCUT2D eigenvalue weighted by atomic mass is 35.5. The van der Waals surface area contributed by atoms with Crippen molar-refractivity contribution in [3.05, 3.63) is 64.2 Å². The van der Waals surface area contributed by atoms with Gasteiger partial charge >= 0.3 is 12.2 Å². The Hall–Kier alpha value is -2.21. The lowest BCUT2D eigenvalue weighted by molar-refractivity contribution is -0.137. The maximum absolute atomic E-state index is 12.8. The second-order valence-electron chi connectivity index (χ2n) is 5.25. The van der Waals surface area contributed by atoms with E-state index in [4.69, 9.17) is 11.6 Å². The molecule has 3 nitrogen and oxygen atoms in total. The second-order valence-corrected chi connectivity index (χ2v) is 5.66. The lowest BCUT2D eigenvalue weighted by atomic mass is 10.1. The molecule has 0 saturated carbocycles. The van der Waals surface area contributed by atoms with Gasteiger partial charge in [-0.15, -0.1) is 0 Å². The number of urea groups is 1. The van der Waals surface area contributed by atoms with Gasteiger partial charge < -0.3 is 10.6 Å². The number of aryl methyl sites for hydroxylation is 1. The summed E-state index contributed by atoms with van der Waals surface area (Å²) in [6, 6.07) is 10.4. The normalized spacial score (nSPS) is 11.2. The van der Waals surface area contributed by atoms with Gasteiger partial charge in [-0.05, 0) is 42.7 Å². The molecule has 2 rings (SSSR count). The van der Waals surface area contributed by atoms with E-state index in [-0.39, 0.29) is 5.69 Å². The van der Waals surface area contributed by atoms with Crippen LogP contribution in [-0.2, 0) is 12.6 Å². The first kappa shape index (κ1) is 18.1. The molecule has 0 saturated heterocycles. The number of hydrogen-bond donors (Lipinski definition) is 2. The Labute approximate surface area is 142 Å². The lowest BCUT2D eigenvalue weighted by Gasteiger charge is -2.12. The van der Waals surface area contributed by atoms with Gasteiger partial charge in [0.25, 0.3) is 0 Å². The number of rotatable bonds is 4. The summed E-state index contributed by atoms with van der Waals surface area (Å²) in [6.45, 7) is 2.35. The molecular weight excluding hydrogens is 341 g/mol. The van der Waals surface area contributed by atoms with Gasteiger partial charge in [0, 0.05) is 12.2 Å². The first-order valence-electron chi connectivity index (χ1n) is 7.23. The Morgan fingerprint density at radius 2 is 1.88 bits per heavy atom. The SMILES string of the molecule is Cc1ccccc1CCNC(=O)Nc1ccc(Cl)c(C(F)(F)F)c1.